The molecular formula is C20H30O3. The molecule has 1 aromatic carbocycles. The first-order valence-corrected chi connectivity index (χ1v) is 8.43. The van der Waals surface area contributed by atoms with Crippen LogP contribution in [0.15, 0.2) is 23.8 Å². The summed E-state index contributed by atoms with van der Waals surface area (Å²) in [5.74, 6) is -0.942. The molecule has 0 radical (unpaired) electrons. The van der Waals surface area contributed by atoms with Gasteiger partial charge in [-0.25, -0.2) is 0 Å². The van der Waals surface area contributed by atoms with Crippen molar-refractivity contribution >= 4 is 0 Å². The van der Waals surface area contributed by atoms with Crippen LogP contribution in [-0.4, -0.2) is 20.9 Å². The maximum atomic E-state index is 10.6. The number of aromatic hydroxyl groups is 2. The number of aliphatic hydroxyl groups is 1. The smallest absolute Gasteiger partial charge is 0.123 e. The van der Waals surface area contributed by atoms with Crippen LogP contribution in [0.4, 0.5) is 0 Å². The van der Waals surface area contributed by atoms with Crippen molar-refractivity contribution in [3.63, 3.8) is 0 Å². The summed E-state index contributed by atoms with van der Waals surface area (Å²) in [6.07, 6.45) is 5.19. The summed E-state index contributed by atoms with van der Waals surface area (Å²) in [7, 11) is 0. The molecule has 0 heterocycles. The van der Waals surface area contributed by atoms with Crippen LogP contribution in [0.5, 0.6) is 11.5 Å². The van der Waals surface area contributed by atoms with E-state index in [9.17, 15) is 15.3 Å². The molecule has 0 aliphatic heterocycles. The van der Waals surface area contributed by atoms with Gasteiger partial charge in [-0.3, -0.25) is 0 Å². The molecule has 2 rings (SSSR count). The van der Waals surface area contributed by atoms with Gasteiger partial charge in [0.25, 0.3) is 0 Å². The van der Waals surface area contributed by atoms with Crippen molar-refractivity contribution in [1.82, 2.24) is 0 Å². The van der Waals surface area contributed by atoms with Crippen LogP contribution in [0.3, 0.4) is 0 Å². The van der Waals surface area contributed by atoms with E-state index in [4.69, 9.17) is 4.11 Å². The van der Waals surface area contributed by atoms with E-state index in [1.165, 1.54) is 0 Å². The Hall–Kier alpha value is -1.48. The quantitative estimate of drug-likeness (QED) is 0.692. The molecule has 0 saturated carbocycles. The molecule has 1 aliphatic carbocycles. The van der Waals surface area contributed by atoms with Crippen molar-refractivity contribution in [2.75, 3.05) is 0 Å². The van der Waals surface area contributed by atoms with Crippen LogP contribution in [0.25, 0.3) is 0 Å². The lowest BCUT2D eigenvalue weighted by Crippen LogP contribution is -2.36. The molecule has 23 heavy (non-hydrogen) atoms. The zero-order valence-corrected chi connectivity index (χ0v) is 14.3. The lowest BCUT2D eigenvalue weighted by atomic mass is 9.69. The molecule has 0 amide bonds. The SMILES string of the molecule is [2H]C([2H])([2H])C1=C[C@H](c2c(O)cc(CCCC)cc2O)[C@@H](C(C)(C)O)CC1. The largest absolute Gasteiger partial charge is 0.507 e. The Balaban J connectivity index is 2.52. The number of phenolic OH excluding ortho intramolecular Hbond substituents is 2. The Labute approximate surface area is 143 Å². The number of phenols is 2. The molecule has 0 unspecified atom stereocenters. The fourth-order valence-electron chi connectivity index (χ4n) is 3.53. The van der Waals surface area contributed by atoms with Gasteiger partial charge in [0, 0.05) is 15.6 Å². The molecule has 0 aromatic heterocycles. The van der Waals surface area contributed by atoms with Crippen molar-refractivity contribution in [3.8, 4) is 11.5 Å². The Bertz CT molecular complexity index is 649. The minimum Gasteiger partial charge on any atom is -0.507 e. The molecule has 1 aliphatic rings. The van der Waals surface area contributed by atoms with E-state index in [-0.39, 0.29) is 17.4 Å². The van der Waals surface area contributed by atoms with Crippen LogP contribution >= 0.6 is 0 Å². The number of benzene rings is 1. The van der Waals surface area contributed by atoms with Gasteiger partial charge in [0.15, 0.2) is 0 Å². The maximum absolute atomic E-state index is 10.6. The van der Waals surface area contributed by atoms with Gasteiger partial charge in [-0.05, 0) is 70.0 Å². The van der Waals surface area contributed by atoms with Gasteiger partial charge in [0.2, 0.25) is 0 Å². The van der Waals surface area contributed by atoms with Gasteiger partial charge in [0.05, 0.1) is 5.60 Å². The zero-order valence-electron chi connectivity index (χ0n) is 17.3. The molecule has 3 N–H and O–H groups in total. The molecule has 2 atom stereocenters. The van der Waals surface area contributed by atoms with Crippen LogP contribution in [0.2, 0.25) is 0 Å². The highest BCUT2D eigenvalue weighted by Crippen LogP contribution is 2.47. The van der Waals surface area contributed by atoms with Crippen molar-refractivity contribution in [2.45, 2.75) is 71.2 Å². The minimum absolute atomic E-state index is 0.0432. The summed E-state index contributed by atoms with van der Waals surface area (Å²) in [5, 5.41) is 31.8. The zero-order chi connectivity index (χ0) is 19.7. The van der Waals surface area contributed by atoms with Crippen molar-refractivity contribution in [3.05, 3.63) is 34.9 Å². The summed E-state index contributed by atoms with van der Waals surface area (Å²) >= 11 is 0. The Morgan fingerprint density at radius 2 is 1.91 bits per heavy atom. The molecule has 0 spiro atoms. The Morgan fingerprint density at radius 3 is 2.43 bits per heavy atom. The average molecular weight is 321 g/mol. The Kier molecular flexibility index (Phi) is 4.21. The molecule has 0 fully saturated rings. The van der Waals surface area contributed by atoms with Gasteiger partial charge in [-0.1, -0.05) is 25.0 Å². The number of hydrogen-bond donors (Lipinski definition) is 3. The fraction of sp³-hybridized carbons (Fsp3) is 0.600. The predicted octanol–water partition coefficient (Wildman–Crippen LogP) is 4.65. The van der Waals surface area contributed by atoms with Gasteiger partial charge >= 0.3 is 0 Å². The van der Waals surface area contributed by atoms with E-state index in [1.54, 1.807) is 32.1 Å². The molecule has 3 nitrogen and oxygen atoms in total. The lowest BCUT2D eigenvalue weighted by molar-refractivity contribution is 0.00421. The van der Waals surface area contributed by atoms with Crippen LogP contribution in [0, 0.1) is 5.92 Å². The number of unbranched alkanes of at least 4 members (excludes halogenated alkanes) is 1. The summed E-state index contributed by atoms with van der Waals surface area (Å²) in [6.45, 7) is 3.23. The van der Waals surface area contributed by atoms with Gasteiger partial charge in [-0.2, -0.15) is 0 Å². The first-order chi connectivity index (χ1) is 11.9. The number of rotatable bonds is 5. The van der Waals surface area contributed by atoms with E-state index in [0.29, 0.717) is 24.0 Å². The first kappa shape index (κ1) is 13.9. The second-order valence-corrected chi connectivity index (χ2v) is 7.17. The second kappa shape index (κ2) is 6.96. The highest BCUT2D eigenvalue weighted by Gasteiger charge is 2.38. The van der Waals surface area contributed by atoms with Crippen molar-refractivity contribution < 1.29 is 19.4 Å². The standard InChI is InChI=1S/C20H30O3/c1-5-6-7-14-11-17(21)19(18(22)12-14)15-10-13(2)8-9-16(15)20(3,4)23/h10-12,15-16,21-23H,5-9H2,1-4H3/t15-,16-/m0/s1/i2D3. The van der Waals surface area contributed by atoms with E-state index in [2.05, 4.69) is 6.92 Å². The molecule has 128 valence electrons. The van der Waals surface area contributed by atoms with Gasteiger partial charge in [0.1, 0.15) is 11.5 Å². The molecule has 0 saturated heterocycles. The third-order valence-corrected chi connectivity index (χ3v) is 4.79. The average Bonchev–Trinajstić information content (AvgIpc) is 2.50. The van der Waals surface area contributed by atoms with Crippen molar-refractivity contribution in [2.24, 2.45) is 5.92 Å². The fourth-order valence-corrected chi connectivity index (χ4v) is 3.53. The molecule has 1 aromatic rings. The summed E-state index contributed by atoms with van der Waals surface area (Å²) in [4.78, 5) is 0. The number of allylic oxidation sites excluding steroid dienone is 2. The van der Waals surface area contributed by atoms with E-state index < -0.39 is 18.4 Å². The lowest BCUT2D eigenvalue weighted by Gasteiger charge is -2.38. The van der Waals surface area contributed by atoms with E-state index in [0.717, 1.165) is 24.8 Å². The predicted molar refractivity (Wildman–Crippen MR) is 93.9 cm³/mol. The third-order valence-electron chi connectivity index (χ3n) is 4.79. The van der Waals surface area contributed by atoms with Gasteiger partial charge < -0.3 is 15.3 Å². The Morgan fingerprint density at radius 1 is 1.26 bits per heavy atom. The van der Waals surface area contributed by atoms with Crippen molar-refractivity contribution in [1.29, 1.82) is 0 Å². The topological polar surface area (TPSA) is 60.7 Å². The minimum atomic E-state index is -2.21. The molecule has 0 bridgehead atoms. The molecule has 3 heteroatoms. The second-order valence-electron chi connectivity index (χ2n) is 7.17. The summed E-state index contributed by atoms with van der Waals surface area (Å²) in [6, 6.07) is 3.28. The third kappa shape index (κ3) is 4.08. The van der Waals surface area contributed by atoms with Crippen LogP contribution in [-0.2, 0) is 6.42 Å². The maximum Gasteiger partial charge on any atom is 0.123 e. The number of aryl methyl sites for hydroxylation is 1. The van der Waals surface area contributed by atoms with E-state index >= 15 is 0 Å². The summed E-state index contributed by atoms with van der Waals surface area (Å²) < 4.78 is 23.1. The normalized spacial score (nSPS) is 24.5. The first-order valence-electron chi connectivity index (χ1n) is 9.93. The van der Waals surface area contributed by atoms with Crippen LogP contribution < -0.4 is 0 Å². The highest BCUT2D eigenvalue weighted by atomic mass is 16.3. The van der Waals surface area contributed by atoms with Crippen LogP contribution in [0.1, 0.15) is 74.5 Å². The highest BCUT2D eigenvalue weighted by molar-refractivity contribution is 5.51. The summed E-state index contributed by atoms with van der Waals surface area (Å²) in [5.41, 5.74) is 0.401. The van der Waals surface area contributed by atoms with E-state index in [1.807, 2.05) is 0 Å². The number of hydrogen-bond acceptors (Lipinski definition) is 3. The molecular weight excluding hydrogens is 288 g/mol. The van der Waals surface area contributed by atoms with Gasteiger partial charge in [-0.15, -0.1) is 0 Å². The monoisotopic (exact) mass is 321 g/mol.